The van der Waals surface area contributed by atoms with E-state index in [1.54, 1.807) is 5.38 Å². The number of hydrogen-bond donors (Lipinski definition) is 2. The lowest BCUT2D eigenvalue weighted by Crippen LogP contribution is -2.36. The van der Waals surface area contributed by atoms with Crippen molar-refractivity contribution in [2.75, 3.05) is 5.73 Å². The molecule has 0 spiro atoms. The zero-order valence-electron chi connectivity index (χ0n) is 13.2. The van der Waals surface area contributed by atoms with Gasteiger partial charge >= 0.3 is 5.97 Å². The van der Waals surface area contributed by atoms with Crippen LogP contribution in [0.2, 0.25) is 0 Å². The van der Waals surface area contributed by atoms with Gasteiger partial charge in [0.25, 0.3) is 0 Å². The van der Waals surface area contributed by atoms with Crippen molar-refractivity contribution in [2.24, 2.45) is 17.0 Å². The van der Waals surface area contributed by atoms with Crippen LogP contribution in [0.3, 0.4) is 0 Å². The van der Waals surface area contributed by atoms with Gasteiger partial charge in [0.2, 0.25) is 5.71 Å². The fourth-order valence-electron chi connectivity index (χ4n) is 2.78. The monoisotopic (exact) mass is 325 g/mol. The fraction of sp³-hybridized carbons (Fsp3) is 0.667. The van der Waals surface area contributed by atoms with E-state index in [2.05, 4.69) is 17.1 Å². The van der Waals surface area contributed by atoms with Crippen molar-refractivity contribution in [2.45, 2.75) is 52.1 Å². The van der Waals surface area contributed by atoms with Gasteiger partial charge in [-0.1, -0.05) is 24.9 Å². The van der Waals surface area contributed by atoms with Crippen molar-refractivity contribution in [3.8, 4) is 0 Å². The Hall–Kier alpha value is -1.63. The predicted octanol–water partition coefficient (Wildman–Crippen LogP) is 3.14. The maximum Gasteiger partial charge on any atom is 0.360 e. The van der Waals surface area contributed by atoms with Crippen LogP contribution in [0.4, 0.5) is 5.13 Å². The fourth-order valence-corrected chi connectivity index (χ4v) is 3.33. The number of oxime groups is 1. The molecule has 122 valence electrons. The van der Waals surface area contributed by atoms with E-state index in [4.69, 9.17) is 10.6 Å². The van der Waals surface area contributed by atoms with Gasteiger partial charge in [0.15, 0.2) is 5.13 Å². The first-order valence-electron chi connectivity index (χ1n) is 7.50. The molecule has 0 bridgehead atoms. The number of nitrogens with zero attached hydrogens (tertiary/aromatic N) is 2. The minimum absolute atomic E-state index is 0.204. The highest BCUT2D eigenvalue weighted by molar-refractivity contribution is 7.13. The molecule has 7 heteroatoms. The average molecular weight is 325 g/mol. The average Bonchev–Trinajstić information content (AvgIpc) is 2.85. The Kier molecular flexibility index (Phi) is 5.05. The molecule has 0 radical (unpaired) electrons. The number of hydrogen-bond acceptors (Lipinski definition) is 6. The summed E-state index contributed by atoms with van der Waals surface area (Å²) in [5, 5.41) is 15.0. The number of rotatable bonds is 5. The second-order valence-corrected chi connectivity index (χ2v) is 7.36. The zero-order chi connectivity index (χ0) is 16.3. The van der Waals surface area contributed by atoms with E-state index in [-0.39, 0.29) is 11.4 Å². The summed E-state index contributed by atoms with van der Waals surface area (Å²) in [5.74, 6) is -0.0375. The molecule has 0 amide bonds. The van der Waals surface area contributed by atoms with E-state index in [1.165, 1.54) is 24.2 Å². The van der Waals surface area contributed by atoms with Crippen molar-refractivity contribution >= 4 is 28.1 Å². The molecule has 1 heterocycles. The normalized spacial score (nSPS) is 23.3. The number of nitrogens with two attached hydrogens (primary N) is 1. The van der Waals surface area contributed by atoms with Crippen LogP contribution in [0.5, 0.6) is 0 Å². The molecule has 0 atom stereocenters. The number of anilines is 1. The molecule has 2 rings (SSSR count). The van der Waals surface area contributed by atoms with Crippen LogP contribution in [0, 0.1) is 11.8 Å². The molecule has 0 aromatic carbocycles. The van der Waals surface area contributed by atoms with Gasteiger partial charge in [0.1, 0.15) is 11.3 Å². The molecule has 22 heavy (non-hydrogen) atoms. The third kappa shape index (κ3) is 3.97. The number of carboxylic acids is 1. The molecule has 3 N–H and O–H groups in total. The molecule has 0 saturated heterocycles. The van der Waals surface area contributed by atoms with E-state index in [0.717, 1.165) is 18.8 Å². The maximum absolute atomic E-state index is 11.4. The number of aliphatic carboxylic acids is 1. The topological polar surface area (TPSA) is 97.8 Å². The summed E-state index contributed by atoms with van der Waals surface area (Å²) < 4.78 is 0. The molecule has 0 unspecified atom stereocenters. The standard InChI is InChI=1S/C15H23N3O3S/c1-9-4-6-10(7-5-9)15(2,3)21-18-12(13(19)20)11-8-22-14(16)17-11/h8-10H,4-7H2,1-3H3,(H2,16,17)(H,19,20). The van der Waals surface area contributed by atoms with E-state index in [0.29, 0.717) is 11.0 Å². The van der Waals surface area contributed by atoms with E-state index >= 15 is 0 Å². The molecule has 1 fully saturated rings. The molecule has 1 aromatic heterocycles. The molecule has 0 aliphatic heterocycles. The van der Waals surface area contributed by atoms with Crippen LogP contribution in [-0.4, -0.2) is 27.4 Å². The Morgan fingerprint density at radius 3 is 2.59 bits per heavy atom. The number of thiazole rings is 1. The van der Waals surface area contributed by atoms with Gasteiger partial charge in [0, 0.05) is 11.3 Å². The molecular formula is C15H23N3O3S. The number of carboxylic acid groups (broad SMARTS) is 1. The predicted molar refractivity (Wildman–Crippen MR) is 87.0 cm³/mol. The Morgan fingerprint density at radius 2 is 2.09 bits per heavy atom. The molecule has 1 aliphatic rings. The largest absolute Gasteiger partial charge is 0.476 e. The summed E-state index contributed by atoms with van der Waals surface area (Å²) in [6.45, 7) is 6.19. The summed E-state index contributed by atoms with van der Waals surface area (Å²) >= 11 is 1.18. The quantitative estimate of drug-likeness (QED) is 0.640. The van der Waals surface area contributed by atoms with Gasteiger partial charge in [-0.2, -0.15) is 0 Å². The van der Waals surface area contributed by atoms with Gasteiger partial charge in [0.05, 0.1) is 0 Å². The maximum atomic E-state index is 11.4. The van der Waals surface area contributed by atoms with Crippen LogP contribution < -0.4 is 5.73 Å². The molecule has 1 saturated carbocycles. The summed E-state index contributed by atoms with van der Waals surface area (Å²) in [6, 6.07) is 0. The Balaban J connectivity index is 2.11. The van der Waals surface area contributed by atoms with Crippen LogP contribution in [-0.2, 0) is 9.63 Å². The number of nitrogen functional groups attached to an aromatic ring is 1. The van der Waals surface area contributed by atoms with Crippen LogP contribution in [0.15, 0.2) is 10.5 Å². The van der Waals surface area contributed by atoms with Gasteiger partial charge in [-0.05, 0) is 32.6 Å². The first-order valence-corrected chi connectivity index (χ1v) is 8.38. The second-order valence-electron chi connectivity index (χ2n) is 6.47. The molecule has 1 aliphatic carbocycles. The van der Waals surface area contributed by atoms with E-state index < -0.39 is 11.6 Å². The summed E-state index contributed by atoms with van der Waals surface area (Å²) in [6.07, 6.45) is 4.51. The number of aromatic nitrogens is 1. The van der Waals surface area contributed by atoms with Crippen molar-refractivity contribution in [3.05, 3.63) is 11.1 Å². The first kappa shape index (κ1) is 16.7. The lowest BCUT2D eigenvalue weighted by atomic mass is 9.75. The van der Waals surface area contributed by atoms with Gasteiger partial charge < -0.3 is 15.7 Å². The third-order valence-corrected chi connectivity index (χ3v) is 5.01. The molecule has 6 nitrogen and oxygen atoms in total. The van der Waals surface area contributed by atoms with Gasteiger partial charge in [-0.3, -0.25) is 0 Å². The van der Waals surface area contributed by atoms with Crippen LogP contribution >= 0.6 is 11.3 Å². The van der Waals surface area contributed by atoms with Gasteiger partial charge in [-0.15, -0.1) is 11.3 Å². The van der Waals surface area contributed by atoms with Crippen molar-refractivity contribution in [1.82, 2.24) is 4.98 Å². The minimum Gasteiger partial charge on any atom is -0.476 e. The molecule has 1 aromatic rings. The highest BCUT2D eigenvalue weighted by atomic mass is 32.1. The van der Waals surface area contributed by atoms with E-state index in [9.17, 15) is 9.90 Å². The smallest absolute Gasteiger partial charge is 0.360 e. The Bertz CT molecular complexity index is 560. The number of carbonyl (C=O) groups is 1. The summed E-state index contributed by atoms with van der Waals surface area (Å²) in [4.78, 5) is 20.9. The van der Waals surface area contributed by atoms with Crippen LogP contribution in [0.1, 0.15) is 52.1 Å². The first-order chi connectivity index (χ1) is 10.3. The van der Waals surface area contributed by atoms with Crippen LogP contribution in [0.25, 0.3) is 0 Å². The Labute approximate surface area is 134 Å². The summed E-state index contributed by atoms with van der Waals surface area (Å²) in [7, 11) is 0. The van der Waals surface area contributed by atoms with Crippen molar-refractivity contribution in [3.63, 3.8) is 0 Å². The SMILES string of the molecule is CC1CCC(C(C)(C)ON=C(C(=O)O)c2csc(N)n2)CC1. The van der Waals surface area contributed by atoms with Crippen molar-refractivity contribution < 1.29 is 14.7 Å². The zero-order valence-corrected chi connectivity index (χ0v) is 14.0. The minimum atomic E-state index is -1.17. The van der Waals surface area contributed by atoms with Gasteiger partial charge in [-0.25, -0.2) is 9.78 Å². The third-order valence-electron chi connectivity index (χ3n) is 4.34. The summed E-state index contributed by atoms with van der Waals surface area (Å²) in [5.41, 5.74) is 5.08. The second kappa shape index (κ2) is 6.64. The van der Waals surface area contributed by atoms with E-state index in [1.807, 2.05) is 13.8 Å². The lowest BCUT2D eigenvalue weighted by Gasteiger charge is -2.36. The highest BCUT2D eigenvalue weighted by Crippen LogP contribution is 2.37. The van der Waals surface area contributed by atoms with Crippen molar-refractivity contribution in [1.29, 1.82) is 0 Å². The Morgan fingerprint density at radius 1 is 1.45 bits per heavy atom. The lowest BCUT2D eigenvalue weighted by molar-refractivity contribution is -0.130. The molecular weight excluding hydrogens is 302 g/mol. The highest BCUT2D eigenvalue weighted by Gasteiger charge is 2.35.